The first kappa shape index (κ1) is 19.8. The molecule has 0 unspecified atom stereocenters. The van der Waals surface area contributed by atoms with Crippen molar-refractivity contribution in [1.29, 1.82) is 0 Å². The summed E-state index contributed by atoms with van der Waals surface area (Å²) >= 11 is 1.16. The van der Waals surface area contributed by atoms with Gasteiger partial charge in [0.25, 0.3) is 11.5 Å². The number of aromatic nitrogens is 2. The summed E-state index contributed by atoms with van der Waals surface area (Å²) in [6.07, 6.45) is 0.722. The first-order valence-corrected chi connectivity index (χ1v) is 10.5. The fraction of sp³-hybridized carbons (Fsp3) is 0.174. The Morgan fingerprint density at radius 3 is 2.27 bits per heavy atom. The molecule has 1 amide bonds. The summed E-state index contributed by atoms with van der Waals surface area (Å²) in [5.74, 6) is -0.242. The van der Waals surface area contributed by atoms with Crippen molar-refractivity contribution in [1.82, 2.24) is 14.5 Å². The summed E-state index contributed by atoms with van der Waals surface area (Å²) in [6.45, 7) is 0.686. The molecular formula is C23H21N3O3S. The van der Waals surface area contributed by atoms with E-state index in [4.69, 9.17) is 0 Å². The zero-order valence-electron chi connectivity index (χ0n) is 16.5. The van der Waals surface area contributed by atoms with Crippen LogP contribution < -0.4 is 16.6 Å². The monoisotopic (exact) mass is 419 g/mol. The zero-order chi connectivity index (χ0) is 21.1. The van der Waals surface area contributed by atoms with Gasteiger partial charge in [-0.1, -0.05) is 60.7 Å². The number of nitrogens with zero attached hydrogens (tertiary/aromatic N) is 2. The number of carbonyl (C=O) groups excluding carboxylic acids is 1. The Morgan fingerprint density at radius 1 is 0.967 bits per heavy atom. The molecule has 0 aliphatic heterocycles. The van der Waals surface area contributed by atoms with Gasteiger partial charge in [0.15, 0.2) is 0 Å². The van der Waals surface area contributed by atoms with Crippen LogP contribution in [0.3, 0.4) is 0 Å². The predicted molar refractivity (Wildman–Crippen MR) is 119 cm³/mol. The molecule has 2 aromatic carbocycles. The molecule has 1 N–H and O–H groups in total. The third-order valence-corrected chi connectivity index (χ3v) is 6.17. The highest BCUT2D eigenvalue weighted by Gasteiger charge is 2.17. The van der Waals surface area contributed by atoms with E-state index < -0.39 is 5.69 Å². The molecule has 0 saturated heterocycles. The van der Waals surface area contributed by atoms with Crippen LogP contribution in [-0.4, -0.2) is 21.6 Å². The van der Waals surface area contributed by atoms with Crippen LogP contribution in [0.1, 0.15) is 20.8 Å². The quantitative estimate of drug-likeness (QED) is 0.522. The molecule has 0 aliphatic carbocycles. The minimum absolute atomic E-state index is 0.191. The van der Waals surface area contributed by atoms with E-state index in [1.807, 2.05) is 60.7 Å². The molecule has 6 nitrogen and oxygen atoms in total. The number of thiophene rings is 1. The smallest absolute Gasteiger partial charge is 0.332 e. The van der Waals surface area contributed by atoms with Gasteiger partial charge in [-0.25, -0.2) is 4.79 Å². The van der Waals surface area contributed by atoms with Gasteiger partial charge in [-0.3, -0.25) is 18.7 Å². The molecule has 0 atom stereocenters. The van der Waals surface area contributed by atoms with E-state index in [-0.39, 0.29) is 18.0 Å². The molecule has 4 aromatic rings. The van der Waals surface area contributed by atoms with Crippen molar-refractivity contribution in [2.45, 2.75) is 13.0 Å². The average Bonchev–Trinajstić information content (AvgIpc) is 3.23. The summed E-state index contributed by atoms with van der Waals surface area (Å²) in [4.78, 5) is 39.2. The molecule has 7 heteroatoms. The van der Waals surface area contributed by atoms with E-state index in [1.165, 1.54) is 9.13 Å². The van der Waals surface area contributed by atoms with Crippen LogP contribution in [0.4, 0.5) is 0 Å². The molecular weight excluding hydrogens is 398 g/mol. The van der Waals surface area contributed by atoms with E-state index in [0.29, 0.717) is 21.6 Å². The van der Waals surface area contributed by atoms with Crippen molar-refractivity contribution in [3.8, 4) is 0 Å². The normalized spacial score (nSPS) is 11.0. The van der Waals surface area contributed by atoms with Crippen LogP contribution >= 0.6 is 11.3 Å². The maximum atomic E-state index is 13.0. The third kappa shape index (κ3) is 3.97. The van der Waals surface area contributed by atoms with Gasteiger partial charge in [-0.2, -0.15) is 0 Å². The summed E-state index contributed by atoms with van der Waals surface area (Å²) in [6, 6.07) is 20.8. The number of fused-ring (bicyclic) bond motifs is 1. The fourth-order valence-electron chi connectivity index (χ4n) is 3.35. The molecule has 2 aromatic heterocycles. The maximum Gasteiger partial charge on any atom is 0.332 e. The second-order valence-electron chi connectivity index (χ2n) is 7.04. The highest BCUT2D eigenvalue weighted by Crippen LogP contribution is 2.21. The molecule has 0 spiro atoms. The molecule has 30 heavy (non-hydrogen) atoms. The highest BCUT2D eigenvalue weighted by molar-refractivity contribution is 7.20. The Morgan fingerprint density at radius 2 is 1.60 bits per heavy atom. The van der Waals surface area contributed by atoms with Crippen molar-refractivity contribution in [3.63, 3.8) is 0 Å². The van der Waals surface area contributed by atoms with Gasteiger partial charge in [-0.15, -0.1) is 11.3 Å². The number of hydrogen-bond acceptors (Lipinski definition) is 4. The largest absolute Gasteiger partial charge is 0.351 e. The summed E-state index contributed by atoms with van der Waals surface area (Å²) < 4.78 is 2.65. The first-order chi connectivity index (χ1) is 14.5. The lowest BCUT2D eigenvalue weighted by Crippen LogP contribution is -2.38. The van der Waals surface area contributed by atoms with E-state index >= 15 is 0 Å². The number of amides is 1. The number of hydrogen-bond donors (Lipinski definition) is 1. The second kappa shape index (κ2) is 8.51. The molecule has 0 fully saturated rings. The minimum Gasteiger partial charge on any atom is -0.351 e. The van der Waals surface area contributed by atoms with Gasteiger partial charge >= 0.3 is 5.69 Å². The lowest BCUT2D eigenvalue weighted by atomic mass is 10.1. The van der Waals surface area contributed by atoms with Gasteiger partial charge in [-0.05, 0) is 23.6 Å². The van der Waals surface area contributed by atoms with Crippen molar-refractivity contribution in [2.75, 3.05) is 6.54 Å². The van der Waals surface area contributed by atoms with Crippen LogP contribution in [0.5, 0.6) is 0 Å². The molecule has 2 heterocycles. The number of aryl methyl sites for hydroxylation is 1. The molecule has 0 aliphatic rings. The second-order valence-corrected chi connectivity index (χ2v) is 8.07. The maximum absolute atomic E-state index is 13.0. The molecule has 4 rings (SSSR count). The lowest BCUT2D eigenvalue weighted by Gasteiger charge is -2.08. The van der Waals surface area contributed by atoms with Crippen LogP contribution in [-0.2, 0) is 20.0 Å². The van der Waals surface area contributed by atoms with Crippen molar-refractivity contribution < 1.29 is 4.79 Å². The highest BCUT2D eigenvalue weighted by atomic mass is 32.1. The van der Waals surface area contributed by atoms with Crippen molar-refractivity contribution in [2.24, 2.45) is 7.05 Å². The summed E-state index contributed by atoms with van der Waals surface area (Å²) in [5.41, 5.74) is 1.23. The molecule has 152 valence electrons. The molecule has 0 radical (unpaired) electrons. The van der Waals surface area contributed by atoms with Gasteiger partial charge < -0.3 is 5.32 Å². The Bertz CT molecular complexity index is 1300. The van der Waals surface area contributed by atoms with E-state index in [9.17, 15) is 14.4 Å². The Kier molecular flexibility index (Phi) is 5.63. The van der Waals surface area contributed by atoms with Crippen molar-refractivity contribution in [3.05, 3.63) is 104 Å². The van der Waals surface area contributed by atoms with Crippen LogP contribution in [0.15, 0.2) is 76.3 Å². The number of benzene rings is 2. The zero-order valence-corrected chi connectivity index (χ0v) is 17.3. The van der Waals surface area contributed by atoms with E-state index in [2.05, 4.69) is 5.32 Å². The van der Waals surface area contributed by atoms with Gasteiger partial charge in [0.2, 0.25) is 0 Å². The van der Waals surface area contributed by atoms with Crippen LogP contribution in [0.25, 0.3) is 10.2 Å². The van der Waals surface area contributed by atoms with Gasteiger partial charge in [0.1, 0.15) is 4.83 Å². The predicted octanol–water partition coefficient (Wildman–Crippen LogP) is 2.78. The summed E-state index contributed by atoms with van der Waals surface area (Å²) in [5, 5.41) is 3.27. The Balaban J connectivity index is 1.59. The summed E-state index contributed by atoms with van der Waals surface area (Å²) in [7, 11) is 1.62. The Labute approximate surface area is 177 Å². The molecule has 0 saturated carbocycles. The Hall–Kier alpha value is -3.45. The average molecular weight is 420 g/mol. The SMILES string of the molecule is Cn1c(=O)n(Cc2ccccc2)c(=O)c2cc(C(=O)NCCc3ccccc3)sc21. The van der Waals surface area contributed by atoms with Gasteiger partial charge in [0, 0.05) is 13.6 Å². The van der Waals surface area contributed by atoms with Crippen LogP contribution in [0.2, 0.25) is 0 Å². The molecule has 0 bridgehead atoms. The lowest BCUT2D eigenvalue weighted by molar-refractivity contribution is 0.0958. The topological polar surface area (TPSA) is 73.1 Å². The van der Waals surface area contributed by atoms with E-state index in [0.717, 1.165) is 28.9 Å². The fourth-order valence-corrected chi connectivity index (χ4v) is 4.37. The first-order valence-electron chi connectivity index (χ1n) is 9.64. The van der Waals surface area contributed by atoms with Crippen molar-refractivity contribution >= 4 is 27.5 Å². The number of carbonyl (C=O) groups is 1. The van der Waals surface area contributed by atoms with Crippen LogP contribution in [0, 0.1) is 0 Å². The van der Waals surface area contributed by atoms with E-state index in [1.54, 1.807) is 13.1 Å². The standard InChI is InChI=1S/C23H21N3O3S/c1-25-22-18(21(28)26(23(25)29)15-17-10-6-3-7-11-17)14-19(30-22)20(27)24-13-12-16-8-4-2-5-9-16/h2-11,14H,12-13,15H2,1H3,(H,24,27). The number of rotatable bonds is 6. The number of nitrogens with one attached hydrogen (secondary N) is 1. The third-order valence-electron chi connectivity index (χ3n) is 4.96. The van der Waals surface area contributed by atoms with Gasteiger partial charge in [0.05, 0.1) is 16.8 Å². The minimum atomic E-state index is -0.394.